The monoisotopic (exact) mass is 284 g/mol. The van der Waals surface area contributed by atoms with Gasteiger partial charge in [0, 0.05) is 6.04 Å². The predicted molar refractivity (Wildman–Crippen MR) is 87.1 cm³/mol. The quantitative estimate of drug-likeness (QED) is 0.879. The summed E-state index contributed by atoms with van der Waals surface area (Å²) in [5.41, 5.74) is 4.67. The summed E-state index contributed by atoms with van der Waals surface area (Å²) in [6.45, 7) is 8.42. The van der Waals surface area contributed by atoms with Crippen LogP contribution in [0.1, 0.15) is 41.8 Å². The normalized spacial score (nSPS) is 12.2. The van der Waals surface area contributed by atoms with Crippen LogP contribution in [-0.4, -0.2) is 12.0 Å². The zero-order valence-electron chi connectivity index (χ0n) is 13.5. The average Bonchev–Trinajstić information content (AvgIpc) is 2.47. The zero-order valence-corrected chi connectivity index (χ0v) is 13.5. The number of nitrogens with one attached hydrogen (secondary N) is 1. The Labute approximate surface area is 127 Å². The lowest BCUT2D eigenvalue weighted by molar-refractivity contribution is 0.473. The molecule has 0 fully saturated rings. The number of benzene rings is 1. The van der Waals surface area contributed by atoms with E-state index in [0.717, 1.165) is 23.6 Å². The number of aryl methyl sites for hydroxylation is 2. The molecule has 0 spiro atoms. The van der Waals surface area contributed by atoms with Gasteiger partial charge in [-0.05, 0) is 69.1 Å². The first-order valence-electron chi connectivity index (χ1n) is 7.44. The van der Waals surface area contributed by atoms with Gasteiger partial charge in [-0.2, -0.15) is 0 Å². The van der Waals surface area contributed by atoms with E-state index in [4.69, 9.17) is 4.74 Å². The Morgan fingerprint density at radius 3 is 2.52 bits per heavy atom. The summed E-state index contributed by atoms with van der Waals surface area (Å²) in [6.07, 6.45) is 2.81. The topological polar surface area (TPSA) is 34.1 Å². The van der Waals surface area contributed by atoms with E-state index in [1.807, 2.05) is 19.2 Å². The van der Waals surface area contributed by atoms with Crippen molar-refractivity contribution in [1.29, 1.82) is 0 Å². The third kappa shape index (κ3) is 3.61. The molecule has 3 nitrogen and oxygen atoms in total. The highest BCUT2D eigenvalue weighted by molar-refractivity contribution is 5.44. The van der Waals surface area contributed by atoms with Crippen LogP contribution in [0.25, 0.3) is 0 Å². The molecular formula is C18H24N2O. The van der Waals surface area contributed by atoms with Crippen molar-refractivity contribution in [1.82, 2.24) is 10.3 Å². The Morgan fingerprint density at radius 2 is 1.95 bits per heavy atom. The molecule has 1 heterocycles. The van der Waals surface area contributed by atoms with Gasteiger partial charge in [-0.3, -0.25) is 4.98 Å². The summed E-state index contributed by atoms with van der Waals surface area (Å²) in [5.74, 6) is 1.68. The maximum absolute atomic E-state index is 5.99. The Morgan fingerprint density at radius 1 is 1.19 bits per heavy atom. The summed E-state index contributed by atoms with van der Waals surface area (Å²) in [6, 6.07) is 8.54. The van der Waals surface area contributed by atoms with E-state index >= 15 is 0 Å². The van der Waals surface area contributed by atoms with Gasteiger partial charge >= 0.3 is 0 Å². The van der Waals surface area contributed by atoms with Gasteiger partial charge in [0.1, 0.15) is 11.5 Å². The molecule has 0 saturated heterocycles. The van der Waals surface area contributed by atoms with Crippen LogP contribution in [0.5, 0.6) is 11.5 Å². The number of rotatable bonds is 5. The fourth-order valence-corrected chi connectivity index (χ4v) is 2.45. The molecule has 1 unspecified atom stereocenters. The smallest absolute Gasteiger partial charge is 0.145 e. The highest BCUT2D eigenvalue weighted by Gasteiger charge is 2.09. The van der Waals surface area contributed by atoms with Gasteiger partial charge in [0.25, 0.3) is 0 Å². The number of aromatic nitrogens is 1. The first-order valence-corrected chi connectivity index (χ1v) is 7.44. The number of hydrogen-bond acceptors (Lipinski definition) is 3. The van der Waals surface area contributed by atoms with Crippen molar-refractivity contribution in [3.63, 3.8) is 0 Å². The van der Waals surface area contributed by atoms with Gasteiger partial charge < -0.3 is 10.1 Å². The summed E-state index contributed by atoms with van der Waals surface area (Å²) < 4.78 is 5.99. The van der Waals surface area contributed by atoms with E-state index in [1.165, 1.54) is 16.7 Å². The fourth-order valence-electron chi connectivity index (χ4n) is 2.45. The third-order valence-corrected chi connectivity index (χ3v) is 3.86. The molecular weight excluding hydrogens is 260 g/mol. The standard InChI is InChI=1S/C18H24N2O/c1-6-16(19-5)17-8-7-15(11-20-17)21-18-10-12(2)9-13(3)14(18)4/h7-11,16,19H,6H2,1-5H3. The summed E-state index contributed by atoms with van der Waals surface area (Å²) in [7, 11) is 1.96. The van der Waals surface area contributed by atoms with Gasteiger partial charge in [-0.1, -0.05) is 13.0 Å². The van der Waals surface area contributed by atoms with Crippen LogP contribution < -0.4 is 10.1 Å². The third-order valence-electron chi connectivity index (χ3n) is 3.86. The minimum Gasteiger partial charge on any atom is -0.455 e. The van der Waals surface area contributed by atoms with Gasteiger partial charge in [0.2, 0.25) is 0 Å². The second-order valence-corrected chi connectivity index (χ2v) is 5.48. The van der Waals surface area contributed by atoms with Crippen LogP contribution in [0.15, 0.2) is 30.5 Å². The van der Waals surface area contributed by atoms with Crippen LogP contribution in [0, 0.1) is 20.8 Å². The molecule has 0 radical (unpaired) electrons. The molecule has 112 valence electrons. The Bertz CT molecular complexity index is 601. The number of hydrogen-bond donors (Lipinski definition) is 1. The first-order chi connectivity index (χ1) is 10.0. The lowest BCUT2D eigenvalue weighted by Gasteiger charge is -2.15. The molecule has 21 heavy (non-hydrogen) atoms. The SMILES string of the molecule is CCC(NC)c1ccc(Oc2cc(C)cc(C)c2C)cn1. The van der Waals surface area contributed by atoms with Crippen LogP contribution in [0.2, 0.25) is 0 Å². The van der Waals surface area contributed by atoms with Crippen molar-refractivity contribution in [2.75, 3.05) is 7.05 Å². The van der Waals surface area contributed by atoms with Gasteiger partial charge in [0.15, 0.2) is 0 Å². The van der Waals surface area contributed by atoms with Crippen molar-refractivity contribution in [3.8, 4) is 11.5 Å². The molecule has 1 atom stereocenters. The maximum Gasteiger partial charge on any atom is 0.145 e. The molecule has 0 saturated carbocycles. The highest BCUT2D eigenvalue weighted by Crippen LogP contribution is 2.28. The molecule has 0 bridgehead atoms. The Hall–Kier alpha value is -1.87. The van der Waals surface area contributed by atoms with E-state index in [2.05, 4.69) is 50.1 Å². The first kappa shape index (κ1) is 15.5. The number of ether oxygens (including phenoxy) is 1. The summed E-state index contributed by atoms with van der Waals surface area (Å²) in [4.78, 5) is 4.50. The minimum absolute atomic E-state index is 0.294. The van der Waals surface area contributed by atoms with Crippen molar-refractivity contribution in [3.05, 3.63) is 52.8 Å². The second kappa shape index (κ2) is 6.72. The van der Waals surface area contributed by atoms with E-state index in [1.54, 1.807) is 6.20 Å². The average molecular weight is 284 g/mol. The van der Waals surface area contributed by atoms with E-state index in [-0.39, 0.29) is 0 Å². The summed E-state index contributed by atoms with van der Waals surface area (Å²) >= 11 is 0. The van der Waals surface area contributed by atoms with Crippen molar-refractivity contribution >= 4 is 0 Å². The fraction of sp³-hybridized carbons (Fsp3) is 0.389. The van der Waals surface area contributed by atoms with Crippen LogP contribution >= 0.6 is 0 Å². The molecule has 0 aliphatic heterocycles. The lowest BCUT2D eigenvalue weighted by Crippen LogP contribution is -2.16. The molecule has 1 aromatic carbocycles. The van der Waals surface area contributed by atoms with Crippen molar-refractivity contribution in [2.24, 2.45) is 0 Å². The maximum atomic E-state index is 5.99. The predicted octanol–water partition coefficient (Wildman–Crippen LogP) is 4.47. The van der Waals surface area contributed by atoms with E-state index in [9.17, 15) is 0 Å². The van der Waals surface area contributed by atoms with Crippen LogP contribution in [-0.2, 0) is 0 Å². The highest BCUT2D eigenvalue weighted by atomic mass is 16.5. The largest absolute Gasteiger partial charge is 0.455 e. The Balaban J connectivity index is 2.21. The molecule has 0 aliphatic rings. The van der Waals surface area contributed by atoms with Crippen LogP contribution in [0.3, 0.4) is 0 Å². The van der Waals surface area contributed by atoms with Gasteiger partial charge in [-0.15, -0.1) is 0 Å². The van der Waals surface area contributed by atoms with Crippen molar-refractivity contribution < 1.29 is 4.74 Å². The van der Waals surface area contributed by atoms with Gasteiger partial charge in [0.05, 0.1) is 11.9 Å². The molecule has 1 aromatic heterocycles. The summed E-state index contributed by atoms with van der Waals surface area (Å²) in [5, 5.41) is 3.26. The minimum atomic E-state index is 0.294. The van der Waals surface area contributed by atoms with Crippen molar-refractivity contribution in [2.45, 2.75) is 40.2 Å². The molecule has 0 amide bonds. The van der Waals surface area contributed by atoms with E-state index < -0.39 is 0 Å². The molecule has 3 heteroatoms. The number of nitrogens with zero attached hydrogens (tertiary/aromatic N) is 1. The lowest BCUT2D eigenvalue weighted by atomic mass is 10.1. The Kier molecular flexibility index (Phi) is 4.97. The van der Waals surface area contributed by atoms with Crippen LogP contribution in [0.4, 0.5) is 0 Å². The molecule has 1 N–H and O–H groups in total. The number of pyridine rings is 1. The molecule has 2 aromatic rings. The van der Waals surface area contributed by atoms with Gasteiger partial charge in [-0.25, -0.2) is 0 Å². The molecule has 2 rings (SSSR count). The van der Waals surface area contributed by atoms with E-state index in [0.29, 0.717) is 6.04 Å². The molecule has 0 aliphatic carbocycles. The zero-order chi connectivity index (χ0) is 15.4. The second-order valence-electron chi connectivity index (χ2n) is 5.48.